The Morgan fingerprint density at radius 3 is 2.40 bits per heavy atom. The van der Waals surface area contributed by atoms with Gasteiger partial charge in [-0.1, -0.05) is 37.6 Å². The quantitative estimate of drug-likeness (QED) is 0.532. The number of carbonyl (C=O) groups excluding carboxylic acids is 1. The second kappa shape index (κ2) is 11.6. The fourth-order valence-electron chi connectivity index (χ4n) is 2.70. The van der Waals surface area contributed by atoms with Crippen molar-refractivity contribution in [3.05, 3.63) is 35.4 Å². The molecule has 0 fully saturated rings. The van der Waals surface area contributed by atoms with Crippen LogP contribution in [0.15, 0.2) is 24.3 Å². The number of primary amides is 1. The number of nitrogens with two attached hydrogens (primary N) is 1. The molecule has 0 aromatic heterocycles. The first-order valence-electron chi connectivity index (χ1n) is 9.08. The van der Waals surface area contributed by atoms with Gasteiger partial charge in [0.2, 0.25) is 5.91 Å². The molecule has 0 spiro atoms. The zero-order valence-corrected chi connectivity index (χ0v) is 15.4. The lowest BCUT2D eigenvalue weighted by atomic mass is 9.99. The second-order valence-corrected chi connectivity index (χ2v) is 6.72. The molecule has 5 heteroatoms. The van der Waals surface area contributed by atoms with Crippen molar-refractivity contribution in [1.29, 1.82) is 0 Å². The van der Waals surface area contributed by atoms with E-state index in [1.165, 1.54) is 11.1 Å². The minimum Gasteiger partial charge on any atom is -0.481 e. The van der Waals surface area contributed by atoms with Crippen molar-refractivity contribution in [3.63, 3.8) is 0 Å². The Labute approximate surface area is 150 Å². The van der Waals surface area contributed by atoms with Gasteiger partial charge in [0.15, 0.2) is 0 Å². The minimum absolute atomic E-state index is 0.0583. The zero-order chi connectivity index (χ0) is 18.7. The summed E-state index contributed by atoms with van der Waals surface area (Å²) in [6, 6.07) is 8.22. The van der Waals surface area contributed by atoms with E-state index in [4.69, 9.17) is 15.6 Å². The maximum absolute atomic E-state index is 10.9. The minimum atomic E-state index is -0.728. The van der Waals surface area contributed by atoms with Gasteiger partial charge in [-0.2, -0.15) is 0 Å². The molecule has 0 heterocycles. The lowest BCUT2D eigenvalue weighted by Crippen LogP contribution is -2.21. The first kappa shape index (κ1) is 21.2. The van der Waals surface area contributed by atoms with Crippen LogP contribution in [0.3, 0.4) is 0 Å². The van der Waals surface area contributed by atoms with Crippen molar-refractivity contribution in [2.45, 2.75) is 71.5 Å². The van der Waals surface area contributed by atoms with Crippen LogP contribution in [0.2, 0.25) is 0 Å². The third kappa shape index (κ3) is 9.25. The van der Waals surface area contributed by atoms with Gasteiger partial charge in [0.25, 0.3) is 0 Å². The van der Waals surface area contributed by atoms with Crippen LogP contribution in [0.5, 0.6) is 0 Å². The van der Waals surface area contributed by atoms with Crippen LogP contribution in [0.1, 0.15) is 63.5 Å². The van der Waals surface area contributed by atoms with Gasteiger partial charge in [-0.15, -0.1) is 0 Å². The highest BCUT2D eigenvalue weighted by Crippen LogP contribution is 2.18. The van der Waals surface area contributed by atoms with E-state index >= 15 is 0 Å². The lowest BCUT2D eigenvalue weighted by molar-refractivity contribution is -0.137. The van der Waals surface area contributed by atoms with Crippen molar-refractivity contribution in [1.82, 2.24) is 0 Å². The summed E-state index contributed by atoms with van der Waals surface area (Å²) < 4.78 is 5.99. The van der Waals surface area contributed by atoms with E-state index in [-0.39, 0.29) is 24.3 Å². The molecule has 0 bridgehead atoms. The second-order valence-electron chi connectivity index (χ2n) is 6.72. The highest BCUT2D eigenvalue weighted by molar-refractivity contribution is 5.73. The molecule has 2 atom stereocenters. The van der Waals surface area contributed by atoms with Crippen molar-refractivity contribution >= 4 is 11.9 Å². The fourth-order valence-corrected chi connectivity index (χ4v) is 2.70. The van der Waals surface area contributed by atoms with E-state index in [0.29, 0.717) is 13.0 Å². The molecule has 0 saturated carbocycles. The molecule has 0 aliphatic heterocycles. The Bertz CT molecular complexity index is 544. The van der Waals surface area contributed by atoms with Gasteiger partial charge in [0, 0.05) is 12.8 Å². The number of carbonyl (C=O) groups is 2. The molecule has 140 valence electrons. The van der Waals surface area contributed by atoms with Crippen LogP contribution in [-0.4, -0.2) is 23.1 Å². The highest BCUT2D eigenvalue weighted by atomic mass is 16.5. The number of hydrogen-bond acceptors (Lipinski definition) is 3. The predicted molar refractivity (Wildman–Crippen MR) is 98.1 cm³/mol. The van der Waals surface area contributed by atoms with Gasteiger partial charge in [-0.05, 0) is 49.7 Å². The standard InChI is InChI=1S/C20H31NO4/c1-15(12-13-19(21)22)16(2)25-14-18-10-7-6-9-17(18)8-4-3-5-11-20(23)24/h6-7,9-10,15-16H,3-5,8,11-14H2,1-2H3,(H2,21,22)(H,23,24)/t15-,16+/m0/s1. The SMILES string of the molecule is C[C@@H](CCC(N)=O)[C@@H](C)OCc1ccccc1CCCCCC(=O)O. The van der Waals surface area contributed by atoms with Crippen LogP contribution in [0.25, 0.3) is 0 Å². The van der Waals surface area contributed by atoms with Crippen LogP contribution >= 0.6 is 0 Å². The predicted octanol–water partition coefficient (Wildman–Crippen LogP) is 3.68. The van der Waals surface area contributed by atoms with Gasteiger partial charge < -0.3 is 15.6 Å². The monoisotopic (exact) mass is 349 g/mol. The van der Waals surface area contributed by atoms with Crippen LogP contribution < -0.4 is 5.73 Å². The van der Waals surface area contributed by atoms with Crippen molar-refractivity contribution in [2.75, 3.05) is 0 Å². The molecular weight excluding hydrogens is 318 g/mol. The summed E-state index contributed by atoms with van der Waals surface area (Å²) in [6.45, 7) is 4.65. The molecule has 1 aromatic rings. The topological polar surface area (TPSA) is 89.6 Å². The molecular formula is C20H31NO4. The number of rotatable bonds is 13. The molecule has 0 aliphatic carbocycles. The summed E-state index contributed by atoms with van der Waals surface area (Å²) in [5.74, 6) is -0.726. The first-order valence-corrected chi connectivity index (χ1v) is 9.08. The van der Waals surface area contributed by atoms with E-state index in [0.717, 1.165) is 32.1 Å². The van der Waals surface area contributed by atoms with Crippen molar-refractivity contribution < 1.29 is 19.4 Å². The summed E-state index contributed by atoms with van der Waals surface area (Å²) >= 11 is 0. The maximum atomic E-state index is 10.9. The number of carboxylic acids is 1. The summed E-state index contributed by atoms with van der Waals surface area (Å²) in [5, 5.41) is 8.67. The van der Waals surface area contributed by atoms with Gasteiger partial charge in [0.1, 0.15) is 0 Å². The first-order chi connectivity index (χ1) is 11.9. The van der Waals surface area contributed by atoms with E-state index < -0.39 is 5.97 Å². The Balaban J connectivity index is 2.42. The molecule has 0 aliphatic rings. The molecule has 1 rings (SSSR count). The Morgan fingerprint density at radius 1 is 1.08 bits per heavy atom. The summed E-state index contributed by atoms with van der Waals surface area (Å²) in [4.78, 5) is 21.4. The summed E-state index contributed by atoms with van der Waals surface area (Å²) in [5.41, 5.74) is 7.63. The number of aliphatic carboxylic acids is 1. The molecule has 0 unspecified atom stereocenters. The van der Waals surface area contributed by atoms with Gasteiger partial charge in [-0.3, -0.25) is 9.59 Å². The van der Waals surface area contributed by atoms with E-state index in [2.05, 4.69) is 19.1 Å². The van der Waals surface area contributed by atoms with Gasteiger partial charge in [-0.25, -0.2) is 0 Å². The zero-order valence-electron chi connectivity index (χ0n) is 15.4. The third-order valence-electron chi connectivity index (χ3n) is 4.60. The molecule has 0 saturated heterocycles. The maximum Gasteiger partial charge on any atom is 0.303 e. The number of aryl methyl sites for hydroxylation is 1. The van der Waals surface area contributed by atoms with E-state index in [1.807, 2.05) is 19.1 Å². The fraction of sp³-hybridized carbons (Fsp3) is 0.600. The van der Waals surface area contributed by atoms with Crippen molar-refractivity contribution in [3.8, 4) is 0 Å². The Kier molecular flexibility index (Phi) is 9.85. The summed E-state index contributed by atoms with van der Waals surface area (Å²) in [6.07, 6.45) is 4.99. The van der Waals surface area contributed by atoms with E-state index in [1.54, 1.807) is 0 Å². The van der Waals surface area contributed by atoms with Gasteiger partial charge in [0.05, 0.1) is 12.7 Å². The third-order valence-corrected chi connectivity index (χ3v) is 4.60. The van der Waals surface area contributed by atoms with Crippen LogP contribution in [-0.2, 0) is 27.4 Å². The molecule has 25 heavy (non-hydrogen) atoms. The molecule has 5 nitrogen and oxygen atoms in total. The highest BCUT2D eigenvalue weighted by Gasteiger charge is 2.14. The molecule has 3 N–H and O–H groups in total. The molecule has 1 amide bonds. The van der Waals surface area contributed by atoms with E-state index in [9.17, 15) is 9.59 Å². The molecule has 0 radical (unpaired) electrons. The normalized spacial score (nSPS) is 13.4. The smallest absolute Gasteiger partial charge is 0.303 e. The van der Waals surface area contributed by atoms with Gasteiger partial charge >= 0.3 is 5.97 Å². The average molecular weight is 349 g/mol. The number of unbranched alkanes of at least 4 members (excludes halogenated alkanes) is 2. The number of benzene rings is 1. The Morgan fingerprint density at radius 2 is 1.76 bits per heavy atom. The number of carboxylic acid groups (broad SMARTS) is 1. The summed E-state index contributed by atoms with van der Waals surface area (Å²) in [7, 11) is 0. The number of amides is 1. The van der Waals surface area contributed by atoms with Crippen LogP contribution in [0, 0.1) is 5.92 Å². The molecule has 1 aromatic carbocycles. The van der Waals surface area contributed by atoms with Crippen molar-refractivity contribution in [2.24, 2.45) is 11.7 Å². The lowest BCUT2D eigenvalue weighted by Gasteiger charge is -2.21. The Hall–Kier alpha value is -1.88. The van der Waals surface area contributed by atoms with Crippen LogP contribution in [0.4, 0.5) is 0 Å². The largest absolute Gasteiger partial charge is 0.481 e. The average Bonchev–Trinajstić information content (AvgIpc) is 2.57. The number of hydrogen-bond donors (Lipinski definition) is 2. The number of ether oxygens (including phenoxy) is 1.